The van der Waals surface area contributed by atoms with Crippen molar-refractivity contribution >= 4 is 11.9 Å². The molecule has 2 aliphatic rings. The van der Waals surface area contributed by atoms with Gasteiger partial charge in [-0.05, 0) is 18.4 Å². The minimum Gasteiger partial charge on any atom is -0.483 e. The van der Waals surface area contributed by atoms with Gasteiger partial charge in [0.25, 0.3) is 5.91 Å². The van der Waals surface area contributed by atoms with Gasteiger partial charge in [-0.15, -0.1) is 0 Å². The molecule has 0 spiro atoms. The molecule has 27 heavy (non-hydrogen) atoms. The third kappa shape index (κ3) is 3.09. The summed E-state index contributed by atoms with van der Waals surface area (Å²) in [5.41, 5.74) is -0.206. The van der Waals surface area contributed by atoms with E-state index in [1.807, 2.05) is 30.3 Å². The van der Waals surface area contributed by atoms with Crippen molar-refractivity contribution in [1.82, 2.24) is 9.88 Å². The number of carbonyl (C=O) groups is 2. The van der Waals surface area contributed by atoms with Gasteiger partial charge in [0.05, 0.1) is 6.04 Å². The van der Waals surface area contributed by atoms with Crippen LogP contribution in [0, 0.1) is 0 Å². The molecular formula is C20H20N2O5. The summed E-state index contributed by atoms with van der Waals surface area (Å²) in [6.07, 6.45) is 4.96. The quantitative estimate of drug-likeness (QED) is 0.863. The van der Waals surface area contributed by atoms with Crippen molar-refractivity contribution in [3.05, 3.63) is 63.6 Å². The van der Waals surface area contributed by atoms with Gasteiger partial charge in [0, 0.05) is 12.2 Å². The molecule has 1 aliphatic heterocycles. The van der Waals surface area contributed by atoms with Crippen LogP contribution >= 0.6 is 0 Å². The maximum absolute atomic E-state index is 12.7. The average molecular weight is 368 g/mol. The molecule has 1 aromatic heterocycles. The molecule has 4 rings (SSSR count). The number of rotatable bonds is 4. The lowest BCUT2D eigenvalue weighted by Crippen LogP contribution is -2.50. The Morgan fingerprint density at radius 1 is 1.19 bits per heavy atom. The van der Waals surface area contributed by atoms with Crippen LogP contribution in [-0.2, 0) is 6.61 Å². The number of carbonyl (C=O) groups excluding carboxylic acids is 1. The molecule has 2 N–H and O–H groups in total. The van der Waals surface area contributed by atoms with E-state index in [0.717, 1.165) is 31.2 Å². The summed E-state index contributed by atoms with van der Waals surface area (Å²) in [6, 6.07) is 9.10. The first-order valence-corrected chi connectivity index (χ1v) is 9.06. The number of amides is 1. The SMILES string of the molecule is O=C(O)c1cn2c(c(OCc3ccccc3)c1=O)C(=O)N[C@@H]1CCCC[C@@H]12. The lowest BCUT2D eigenvalue weighted by molar-refractivity contribution is 0.0688. The molecule has 0 bridgehead atoms. The van der Waals surface area contributed by atoms with Gasteiger partial charge in [0.15, 0.2) is 11.4 Å². The largest absolute Gasteiger partial charge is 0.483 e. The minimum absolute atomic E-state index is 0.0510. The Bertz CT molecular complexity index is 951. The first-order chi connectivity index (χ1) is 13.1. The summed E-state index contributed by atoms with van der Waals surface area (Å²) >= 11 is 0. The number of hydrogen-bond donors (Lipinski definition) is 2. The molecule has 1 aromatic carbocycles. The number of benzene rings is 1. The first-order valence-electron chi connectivity index (χ1n) is 9.06. The Morgan fingerprint density at radius 3 is 2.67 bits per heavy atom. The highest BCUT2D eigenvalue weighted by Crippen LogP contribution is 2.35. The summed E-state index contributed by atoms with van der Waals surface area (Å²) in [7, 11) is 0. The Kier molecular flexibility index (Phi) is 4.43. The molecule has 0 radical (unpaired) electrons. The number of nitrogens with zero attached hydrogens (tertiary/aromatic N) is 1. The second-order valence-corrected chi connectivity index (χ2v) is 6.97. The first kappa shape index (κ1) is 17.3. The number of aromatic nitrogens is 1. The van der Waals surface area contributed by atoms with Gasteiger partial charge in [-0.25, -0.2) is 4.79 Å². The Hall–Kier alpha value is -3.09. The molecule has 1 amide bonds. The lowest BCUT2D eigenvalue weighted by Gasteiger charge is -2.39. The van der Waals surface area contributed by atoms with Gasteiger partial charge >= 0.3 is 5.97 Å². The molecule has 1 saturated carbocycles. The van der Waals surface area contributed by atoms with Gasteiger partial charge < -0.3 is 19.7 Å². The molecular weight excluding hydrogens is 348 g/mol. The standard InChI is InChI=1S/C20H20N2O5/c23-17-13(20(25)26)10-22-15-9-5-4-8-14(15)21-19(24)16(22)18(17)27-11-12-6-2-1-3-7-12/h1-3,6-7,10,14-15H,4-5,8-9,11H2,(H,21,24)(H,25,26)/t14-,15+/m1/s1. The Morgan fingerprint density at radius 2 is 1.93 bits per heavy atom. The van der Waals surface area contributed by atoms with Gasteiger partial charge in [0.1, 0.15) is 12.2 Å². The van der Waals surface area contributed by atoms with Gasteiger partial charge in [0.2, 0.25) is 5.43 Å². The topological polar surface area (TPSA) is 97.6 Å². The number of ether oxygens (including phenoxy) is 1. The highest BCUT2D eigenvalue weighted by Gasteiger charge is 2.38. The summed E-state index contributed by atoms with van der Waals surface area (Å²) in [5.74, 6) is -1.91. The van der Waals surface area contributed by atoms with Gasteiger partial charge in [-0.2, -0.15) is 0 Å². The molecule has 140 valence electrons. The van der Waals surface area contributed by atoms with Gasteiger partial charge in [-0.3, -0.25) is 9.59 Å². The van der Waals surface area contributed by atoms with E-state index >= 15 is 0 Å². The molecule has 2 atom stereocenters. The van der Waals surface area contributed by atoms with E-state index in [1.54, 1.807) is 4.57 Å². The van der Waals surface area contributed by atoms with E-state index in [0.29, 0.717) is 0 Å². The molecule has 1 aliphatic carbocycles. The van der Waals surface area contributed by atoms with Crippen molar-refractivity contribution in [2.45, 2.75) is 44.4 Å². The predicted octanol–water partition coefficient (Wildman–Crippen LogP) is 2.35. The fourth-order valence-corrected chi connectivity index (χ4v) is 3.96. The zero-order valence-corrected chi connectivity index (χ0v) is 14.7. The number of pyridine rings is 1. The number of aromatic carboxylic acids is 1. The predicted molar refractivity (Wildman–Crippen MR) is 97.2 cm³/mol. The Balaban J connectivity index is 1.82. The fraction of sp³-hybridized carbons (Fsp3) is 0.350. The van der Waals surface area contributed by atoms with Crippen molar-refractivity contribution in [2.75, 3.05) is 0 Å². The maximum Gasteiger partial charge on any atom is 0.341 e. The average Bonchev–Trinajstić information content (AvgIpc) is 2.67. The van der Waals surface area contributed by atoms with Crippen molar-refractivity contribution in [1.29, 1.82) is 0 Å². The van der Waals surface area contributed by atoms with Crippen LogP contribution in [0.2, 0.25) is 0 Å². The molecule has 2 heterocycles. The summed E-state index contributed by atoms with van der Waals surface area (Å²) in [4.78, 5) is 37.0. The van der Waals surface area contributed by atoms with Crippen molar-refractivity contribution in [2.24, 2.45) is 0 Å². The number of carboxylic acids is 1. The third-order valence-corrected chi connectivity index (χ3v) is 5.27. The van der Waals surface area contributed by atoms with Crippen LogP contribution in [0.25, 0.3) is 0 Å². The van der Waals surface area contributed by atoms with E-state index in [9.17, 15) is 19.5 Å². The maximum atomic E-state index is 12.7. The van der Waals surface area contributed by atoms with Crippen molar-refractivity contribution in [3.8, 4) is 5.75 Å². The van der Waals surface area contributed by atoms with Crippen molar-refractivity contribution in [3.63, 3.8) is 0 Å². The zero-order chi connectivity index (χ0) is 19.0. The van der Waals surface area contributed by atoms with Crippen LogP contribution in [0.15, 0.2) is 41.3 Å². The number of hydrogen-bond acceptors (Lipinski definition) is 4. The summed E-state index contributed by atoms with van der Waals surface area (Å²) in [5, 5.41) is 12.4. The molecule has 7 heteroatoms. The van der Waals surface area contributed by atoms with Crippen LogP contribution in [0.4, 0.5) is 0 Å². The lowest BCUT2D eigenvalue weighted by atomic mass is 9.87. The number of carboxylic acid groups (broad SMARTS) is 1. The van der Waals surface area contributed by atoms with E-state index in [1.165, 1.54) is 6.20 Å². The molecule has 0 saturated heterocycles. The van der Waals surface area contributed by atoms with Crippen LogP contribution in [0.1, 0.15) is 58.1 Å². The normalized spacial score (nSPS) is 21.0. The second-order valence-electron chi connectivity index (χ2n) is 6.97. The summed E-state index contributed by atoms with van der Waals surface area (Å²) in [6.45, 7) is 0.0769. The molecule has 0 unspecified atom stereocenters. The van der Waals surface area contributed by atoms with E-state index in [2.05, 4.69) is 5.32 Å². The molecule has 2 aromatic rings. The third-order valence-electron chi connectivity index (χ3n) is 5.27. The van der Waals surface area contributed by atoms with Crippen LogP contribution in [0.3, 0.4) is 0 Å². The molecule has 1 fully saturated rings. The highest BCUT2D eigenvalue weighted by atomic mass is 16.5. The minimum atomic E-state index is -1.32. The van der Waals surface area contributed by atoms with Gasteiger partial charge in [-0.1, -0.05) is 43.2 Å². The van der Waals surface area contributed by atoms with Crippen LogP contribution in [-0.4, -0.2) is 27.6 Å². The fourth-order valence-electron chi connectivity index (χ4n) is 3.96. The summed E-state index contributed by atoms with van der Waals surface area (Å²) < 4.78 is 7.35. The van der Waals surface area contributed by atoms with Crippen molar-refractivity contribution < 1.29 is 19.4 Å². The highest BCUT2D eigenvalue weighted by molar-refractivity contribution is 5.98. The smallest absolute Gasteiger partial charge is 0.341 e. The van der Waals surface area contributed by atoms with Crippen LogP contribution < -0.4 is 15.5 Å². The van der Waals surface area contributed by atoms with E-state index < -0.39 is 17.3 Å². The van der Waals surface area contributed by atoms with E-state index in [4.69, 9.17) is 4.74 Å². The number of fused-ring (bicyclic) bond motifs is 3. The molecule has 7 nitrogen and oxygen atoms in total. The second kappa shape index (κ2) is 6.90. The van der Waals surface area contributed by atoms with E-state index in [-0.39, 0.29) is 35.7 Å². The zero-order valence-electron chi connectivity index (χ0n) is 14.7. The number of nitrogens with one attached hydrogen (secondary N) is 1. The monoisotopic (exact) mass is 368 g/mol. The van der Waals surface area contributed by atoms with Crippen LogP contribution in [0.5, 0.6) is 5.75 Å². The Labute approximate surface area is 155 Å².